The Morgan fingerprint density at radius 3 is 2.79 bits per heavy atom. The molecule has 0 amide bonds. The third-order valence-corrected chi connectivity index (χ3v) is 4.70. The van der Waals surface area contributed by atoms with E-state index in [1.165, 1.54) is 11.1 Å². The number of hydrogen-bond donors (Lipinski definition) is 0. The van der Waals surface area contributed by atoms with Crippen LogP contribution in [0.3, 0.4) is 0 Å². The summed E-state index contributed by atoms with van der Waals surface area (Å²) < 4.78 is 11.6. The van der Waals surface area contributed by atoms with Gasteiger partial charge in [0.05, 0.1) is 6.04 Å². The fraction of sp³-hybridized carbons (Fsp3) is 0.579. The van der Waals surface area contributed by atoms with Crippen LogP contribution in [0.1, 0.15) is 61.6 Å². The topological polar surface area (TPSA) is 51.4 Å². The van der Waals surface area contributed by atoms with E-state index in [0.717, 1.165) is 37.6 Å². The minimum Gasteiger partial charge on any atom is -0.492 e. The molecule has 0 N–H and O–H groups in total. The Kier molecular flexibility index (Phi) is 5.19. The van der Waals surface area contributed by atoms with Gasteiger partial charge in [-0.15, -0.1) is 10.2 Å². The van der Waals surface area contributed by atoms with Gasteiger partial charge in [-0.05, 0) is 55.5 Å². The van der Waals surface area contributed by atoms with Gasteiger partial charge in [0.15, 0.2) is 0 Å². The molecule has 0 unspecified atom stereocenters. The molecule has 2 aromatic rings. The van der Waals surface area contributed by atoms with Crippen LogP contribution in [-0.4, -0.2) is 34.8 Å². The summed E-state index contributed by atoms with van der Waals surface area (Å²) in [4.78, 5) is 2.38. The Balaban J connectivity index is 1.55. The van der Waals surface area contributed by atoms with E-state index >= 15 is 0 Å². The molecule has 5 heteroatoms. The molecule has 1 aliphatic heterocycles. The van der Waals surface area contributed by atoms with Gasteiger partial charge >= 0.3 is 0 Å². The predicted molar refractivity (Wildman–Crippen MR) is 93.3 cm³/mol. The number of rotatable bonds is 6. The van der Waals surface area contributed by atoms with Crippen molar-refractivity contribution in [1.29, 1.82) is 0 Å². The Labute approximate surface area is 144 Å². The van der Waals surface area contributed by atoms with Gasteiger partial charge in [0.1, 0.15) is 12.4 Å². The number of likely N-dealkylation sites (tertiary alicyclic amines) is 1. The number of ether oxygens (including phenoxy) is 1. The van der Waals surface area contributed by atoms with Crippen LogP contribution in [0.2, 0.25) is 0 Å². The number of aryl methyl sites for hydroxylation is 2. The van der Waals surface area contributed by atoms with Crippen LogP contribution in [0.25, 0.3) is 0 Å². The lowest BCUT2D eigenvalue weighted by molar-refractivity contribution is 0.178. The second-order valence-corrected chi connectivity index (χ2v) is 6.87. The van der Waals surface area contributed by atoms with Gasteiger partial charge in [0, 0.05) is 13.5 Å². The highest BCUT2D eigenvalue weighted by Gasteiger charge is 2.29. The smallest absolute Gasteiger partial charge is 0.233 e. The molecule has 24 heavy (non-hydrogen) atoms. The van der Waals surface area contributed by atoms with Crippen LogP contribution in [0, 0.1) is 13.8 Å². The van der Waals surface area contributed by atoms with Gasteiger partial charge in [-0.2, -0.15) is 0 Å². The second kappa shape index (κ2) is 7.34. The van der Waals surface area contributed by atoms with E-state index in [1.807, 2.05) is 6.92 Å². The molecule has 1 atom stereocenters. The van der Waals surface area contributed by atoms with E-state index in [9.17, 15) is 0 Å². The summed E-state index contributed by atoms with van der Waals surface area (Å²) in [6.45, 7) is 11.0. The monoisotopic (exact) mass is 329 g/mol. The SMILES string of the molecule is Cc1nnc([C@@H]2CCCN2CCOc2ccc(C(C)C)c(C)c2)o1. The Morgan fingerprint density at radius 1 is 1.29 bits per heavy atom. The van der Waals surface area contributed by atoms with Gasteiger partial charge in [-0.3, -0.25) is 4.90 Å². The van der Waals surface area contributed by atoms with Crippen molar-refractivity contribution in [2.45, 2.75) is 52.5 Å². The Hall–Kier alpha value is -1.88. The Bertz CT molecular complexity index is 681. The third kappa shape index (κ3) is 3.78. The average Bonchev–Trinajstić information content (AvgIpc) is 3.15. The fourth-order valence-corrected chi connectivity index (χ4v) is 3.49. The molecule has 0 saturated carbocycles. The van der Waals surface area contributed by atoms with Crippen LogP contribution in [0.4, 0.5) is 0 Å². The lowest BCUT2D eigenvalue weighted by Gasteiger charge is -2.21. The first-order valence-corrected chi connectivity index (χ1v) is 8.82. The fourth-order valence-electron chi connectivity index (χ4n) is 3.49. The third-order valence-electron chi connectivity index (χ3n) is 4.70. The summed E-state index contributed by atoms with van der Waals surface area (Å²) in [7, 11) is 0. The second-order valence-electron chi connectivity index (χ2n) is 6.87. The van der Waals surface area contributed by atoms with E-state index < -0.39 is 0 Å². The van der Waals surface area contributed by atoms with Crippen molar-refractivity contribution in [3.63, 3.8) is 0 Å². The first-order valence-electron chi connectivity index (χ1n) is 8.82. The molecule has 1 aromatic heterocycles. The summed E-state index contributed by atoms with van der Waals surface area (Å²) >= 11 is 0. The summed E-state index contributed by atoms with van der Waals surface area (Å²) in [6, 6.07) is 6.62. The first kappa shape index (κ1) is 17.0. The lowest BCUT2D eigenvalue weighted by atomic mass is 9.98. The minimum atomic E-state index is 0.236. The van der Waals surface area contributed by atoms with Gasteiger partial charge in [-0.25, -0.2) is 0 Å². The van der Waals surface area contributed by atoms with E-state index in [4.69, 9.17) is 9.15 Å². The molecular weight excluding hydrogens is 302 g/mol. The van der Waals surface area contributed by atoms with Crippen molar-refractivity contribution in [2.24, 2.45) is 0 Å². The lowest BCUT2D eigenvalue weighted by Crippen LogP contribution is -2.28. The molecule has 1 fully saturated rings. The summed E-state index contributed by atoms with van der Waals surface area (Å²) in [5.41, 5.74) is 2.68. The highest BCUT2D eigenvalue weighted by atomic mass is 16.5. The molecule has 130 valence electrons. The van der Waals surface area contributed by atoms with Crippen molar-refractivity contribution >= 4 is 0 Å². The van der Waals surface area contributed by atoms with E-state index in [1.54, 1.807) is 0 Å². The molecule has 1 saturated heterocycles. The normalized spacial score (nSPS) is 18.5. The zero-order valence-corrected chi connectivity index (χ0v) is 15.1. The van der Waals surface area contributed by atoms with Crippen molar-refractivity contribution in [2.75, 3.05) is 19.7 Å². The molecule has 0 bridgehead atoms. The molecule has 0 aliphatic carbocycles. The summed E-state index contributed by atoms with van der Waals surface area (Å²) in [5.74, 6) is 2.86. The number of aromatic nitrogens is 2. The van der Waals surface area contributed by atoms with Crippen molar-refractivity contribution in [3.8, 4) is 5.75 Å². The van der Waals surface area contributed by atoms with Crippen molar-refractivity contribution in [1.82, 2.24) is 15.1 Å². The number of benzene rings is 1. The predicted octanol–water partition coefficient (Wildman–Crippen LogP) is 4.03. The first-order chi connectivity index (χ1) is 11.5. The van der Waals surface area contributed by atoms with Crippen LogP contribution in [0.5, 0.6) is 5.75 Å². The quantitative estimate of drug-likeness (QED) is 0.801. The van der Waals surface area contributed by atoms with Gasteiger partial charge < -0.3 is 9.15 Å². The van der Waals surface area contributed by atoms with Crippen LogP contribution >= 0.6 is 0 Å². The Morgan fingerprint density at radius 2 is 2.12 bits per heavy atom. The maximum atomic E-state index is 5.96. The summed E-state index contributed by atoms with van der Waals surface area (Å²) in [6.07, 6.45) is 2.23. The molecule has 2 heterocycles. The van der Waals surface area contributed by atoms with Crippen molar-refractivity contribution < 1.29 is 9.15 Å². The van der Waals surface area contributed by atoms with Gasteiger partial charge in [0.2, 0.25) is 11.8 Å². The molecule has 1 aromatic carbocycles. The van der Waals surface area contributed by atoms with Crippen LogP contribution in [0.15, 0.2) is 22.6 Å². The standard InChI is InChI=1S/C19H27N3O2/c1-13(2)17-8-7-16(12-14(17)3)23-11-10-22-9-5-6-18(22)19-21-20-15(4)24-19/h7-8,12-13,18H,5-6,9-11H2,1-4H3/t18-/m0/s1. The van der Waals surface area contributed by atoms with Gasteiger partial charge in [0.25, 0.3) is 0 Å². The zero-order chi connectivity index (χ0) is 17.1. The largest absolute Gasteiger partial charge is 0.492 e. The molecule has 3 rings (SSSR count). The van der Waals surface area contributed by atoms with E-state index in [2.05, 4.69) is 54.1 Å². The molecule has 5 nitrogen and oxygen atoms in total. The highest BCUT2D eigenvalue weighted by molar-refractivity contribution is 5.36. The van der Waals surface area contributed by atoms with Crippen LogP contribution in [-0.2, 0) is 0 Å². The highest BCUT2D eigenvalue weighted by Crippen LogP contribution is 2.30. The van der Waals surface area contributed by atoms with E-state index in [-0.39, 0.29) is 6.04 Å². The average molecular weight is 329 g/mol. The molecule has 1 aliphatic rings. The molecular formula is C19H27N3O2. The minimum absolute atomic E-state index is 0.236. The van der Waals surface area contributed by atoms with Crippen LogP contribution < -0.4 is 4.74 Å². The van der Waals surface area contributed by atoms with Gasteiger partial charge in [-0.1, -0.05) is 19.9 Å². The zero-order valence-electron chi connectivity index (χ0n) is 15.1. The van der Waals surface area contributed by atoms with E-state index in [0.29, 0.717) is 18.4 Å². The maximum absolute atomic E-state index is 5.96. The van der Waals surface area contributed by atoms with Crippen molar-refractivity contribution in [3.05, 3.63) is 41.1 Å². The molecule has 0 radical (unpaired) electrons. The maximum Gasteiger partial charge on any atom is 0.233 e. The number of nitrogens with zero attached hydrogens (tertiary/aromatic N) is 3. The summed E-state index contributed by atoms with van der Waals surface area (Å²) in [5, 5.41) is 8.13. The molecule has 0 spiro atoms. The number of hydrogen-bond acceptors (Lipinski definition) is 5.